The van der Waals surface area contributed by atoms with Gasteiger partial charge in [-0.3, -0.25) is 4.79 Å². The molecule has 2 rings (SSSR count). The molecule has 0 saturated carbocycles. The van der Waals surface area contributed by atoms with E-state index in [0.29, 0.717) is 32.5 Å². The van der Waals surface area contributed by atoms with Gasteiger partial charge in [0.2, 0.25) is 0 Å². The van der Waals surface area contributed by atoms with Crippen molar-refractivity contribution in [3.05, 3.63) is 29.8 Å². The monoisotopic (exact) mass is 292 g/mol. The first-order chi connectivity index (χ1) is 10.1. The number of hydrogen-bond acceptors (Lipinski definition) is 4. The number of nitrogens with one attached hydrogen (secondary N) is 1. The maximum Gasteiger partial charge on any atom is 0.409 e. The predicted octanol–water partition coefficient (Wildman–Crippen LogP) is 1.74. The maximum absolute atomic E-state index is 12.1. The fourth-order valence-electron chi connectivity index (χ4n) is 2.35. The van der Waals surface area contributed by atoms with Gasteiger partial charge in [0, 0.05) is 19.1 Å². The molecule has 2 N–H and O–H groups in total. The Labute approximate surface area is 123 Å². The van der Waals surface area contributed by atoms with Crippen molar-refractivity contribution >= 4 is 12.0 Å². The van der Waals surface area contributed by atoms with Gasteiger partial charge in [0.05, 0.1) is 12.2 Å². The number of rotatable bonds is 3. The molecule has 1 saturated heterocycles. The molecule has 0 unspecified atom stereocenters. The Morgan fingerprint density at radius 1 is 1.33 bits per heavy atom. The normalized spacial score (nSPS) is 15.6. The minimum atomic E-state index is -0.303. The van der Waals surface area contributed by atoms with E-state index >= 15 is 0 Å². The molecule has 0 spiro atoms. The van der Waals surface area contributed by atoms with E-state index in [4.69, 9.17) is 4.74 Å². The summed E-state index contributed by atoms with van der Waals surface area (Å²) in [5.74, 6) is -0.318. The molecule has 114 valence electrons. The number of aromatic hydroxyl groups is 1. The van der Waals surface area contributed by atoms with Crippen LogP contribution in [-0.4, -0.2) is 47.7 Å². The number of benzene rings is 1. The Morgan fingerprint density at radius 3 is 2.62 bits per heavy atom. The number of phenols is 1. The zero-order chi connectivity index (χ0) is 15.2. The number of phenolic OH excluding ortho intramolecular Hbond substituents is 1. The van der Waals surface area contributed by atoms with Crippen molar-refractivity contribution in [1.82, 2.24) is 10.2 Å². The van der Waals surface area contributed by atoms with Gasteiger partial charge in [-0.1, -0.05) is 12.1 Å². The molecule has 1 aromatic carbocycles. The highest BCUT2D eigenvalue weighted by atomic mass is 16.6. The van der Waals surface area contributed by atoms with Gasteiger partial charge < -0.3 is 20.1 Å². The predicted molar refractivity (Wildman–Crippen MR) is 77.2 cm³/mol. The van der Waals surface area contributed by atoms with Crippen molar-refractivity contribution in [2.75, 3.05) is 19.7 Å². The minimum Gasteiger partial charge on any atom is -0.507 e. The molecule has 0 aromatic heterocycles. The molecule has 1 aliphatic rings. The van der Waals surface area contributed by atoms with Gasteiger partial charge in [-0.05, 0) is 31.9 Å². The lowest BCUT2D eigenvalue weighted by Gasteiger charge is -2.31. The smallest absolute Gasteiger partial charge is 0.409 e. The van der Waals surface area contributed by atoms with Crippen LogP contribution in [0.2, 0.25) is 0 Å². The summed E-state index contributed by atoms with van der Waals surface area (Å²) in [4.78, 5) is 25.3. The molecular weight excluding hydrogens is 272 g/mol. The molecule has 1 fully saturated rings. The van der Waals surface area contributed by atoms with Crippen LogP contribution in [0.4, 0.5) is 4.79 Å². The topological polar surface area (TPSA) is 78.9 Å². The van der Waals surface area contributed by atoms with Gasteiger partial charge in [-0.2, -0.15) is 0 Å². The van der Waals surface area contributed by atoms with Crippen molar-refractivity contribution in [3.8, 4) is 5.75 Å². The number of ether oxygens (including phenoxy) is 1. The highest BCUT2D eigenvalue weighted by Crippen LogP contribution is 2.17. The first kappa shape index (κ1) is 15.2. The van der Waals surface area contributed by atoms with Crippen LogP contribution in [0.1, 0.15) is 30.1 Å². The van der Waals surface area contributed by atoms with Crippen molar-refractivity contribution in [1.29, 1.82) is 0 Å². The van der Waals surface area contributed by atoms with E-state index in [-0.39, 0.29) is 29.4 Å². The molecule has 1 aromatic rings. The molecule has 1 aliphatic heterocycles. The van der Waals surface area contributed by atoms with Crippen LogP contribution < -0.4 is 5.32 Å². The summed E-state index contributed by atoms with van der Waals surface area (Å²) in [5.41, 5.74) is 0.269. The summed E-state index contributed by atoms with van der Waals surface area (Å²) < 4.78 is 4.95. The zero-order valence-corrected chi connectivity index (χ0v) is 12.0. The summed E-state index contributed by atoms with van der Waals surface area (Å²) in [6, 6.07) is 6.45. The average molecular weight is 292 g/mol. The standard InChI is InChI=1S/C15H20N2O4/c1-2-21-15(20)17-9-7-11(8-10-17)16-14(19)12-5-3-4-6-13(12)18/h3-6,11,18H,2,7-10H2,1H3,(H,16,19). The average Bonchev–Trinajstić information content (AvgIpc) is 2.48. The molecule has 6 nitrogen and oxygen atoms in total. The van der Waals surface area contributed by atoms with E-state index in [2.05, 4.69) is 5.32 Å². The number of piperidine rings is 1. The SMILES string of the molecule is CCOC(=O)N1CCC(NC(=O)c2ccccc2O)CC1. The third-order valence-electron chi connectivity index (χ3n) is 3.50. The van der Waals surface area contributed by atoms with Crippen LogP contribution in [0.5, 0.6) is 5.75 Å². The lowest BCUT2D eigenvalue weighted by atomic mass is 10.0. The summed E-state index contributed by atoms with van der Waals surface area (Å²) in [7, 11) is 0. The Morgan fingerprint density at radius 2 is 2.00 bits per heavy atom. The second-order valence-corrected chi connectivity index (χ2v) is 4.95. The Hall–Kier alpha value is -2.24. The maximum atomic E-state index is 12.1. The van der Waals surface area contributed by atoms with E-state index in [9.17, 15) is 14.7 Å². The van der Waals surface area contributed by atoms with Gasteiger partial charge in [-0.25, -0.2) is 4.79 Å². The summed E-state index contributed by atoms with van der Waals surface area (Å²) >= 11 is 0. The van der Waals surface area contributed by atoms with Crippen molar-refractivity contribution in [2.24, 2.45) is 0 Å². The molecule has 0 radical (unpaired) electrons. The van der Waals surface area contributed by atoms with Gasteiger partial charge in [0.1, 0.15) is 5.75 Å². The number of likely N-dealkylation sites (tertiary alicyclic amines) is 1. The highest BCUT2D eigenvalue weighted by Gasteiger charge is 2.25. The van der Waals surface area contributed by atoms with Crippen molar-refractivity contribution in [2.45, 2.75) is 25.8 Å². The minimum absolute atomic E-state index is 0.00258. The van der Waals surface area contributed by atoms with E-state index in [1.807, 2.05) is 0 Å². The third-order valence-corrected chi connectivity index (χ3v) is 3.50. The fourth-order valence-corrected chi connectivity index (χ4v) is 2.35. The molecule has 6 heteroatoms. The Balaban J connectivity index is 1.85. The van der Waals surface area contributed by atoms with Crippen molar-refractivity contribution < 1.29 is 19.4 Å². The van der Waals surface area contributed by atoms with Gasteiger partial charge in [0.15, 0.2) is 0 Å². The van der Waals surface area contributed by atoms with E-state index in [0.717, 1.165) is 0 Å². The van der Waals surface area contributed by atoms with Crippen molar-refractivity contribution in [3.63, 3.8) is 0 Å². The zero-order valence-electron chi connectivity index (χ0n) is 12.0. The van der Waals surface area contributed by atoms with Crippen LogP contribution in [0.25, 0.3) is 0 Å². The number of para-hydroxylation sites is 1. The van der Waals surface area contributed by atoms with Crippen LogP contribution in [0.15, 0.2) is 24.3 Å². The van der Waals surface area contributed by atoms with E-state index < -0.39 is 0 Å². The molecule has 0 atom stereocenters. The Kier molecular flexibility index (Phi) is 5.03. The lowest BCUT2D eigenvalue weighted by Crippen LogP contribution is -2.46. The second kappa shape index (κ2) is 6.97. The summed E-state index contributed by atoms with van der Waals surface area (Å²) in [6.07, 6.45) is 1.05. The number of amides is 2. The van der Waals surface area contributed by atoms with Crippen LogP contribution >= 0.6 is 0 Å². The van der Waals surface area contributed by atoms with Crippen LogP contribution in [0.3, 0.4) is 0 Å². The quantitative estimate of drug-likeness (QED) is 0.889. The molecular formula is C15H20N2O4. The number of carbonyl (C=O) groups excluding carboxylic acids is 2. The van der Waals surface area contributed by atoms with Crippen LogP contribution in [-0.2, 0) is 4.74 Å². The molecule has 0 aliphatic carbocycles. The second-order valence-electron chi connectivity index (χ2n) is 4.95. The van der Waals surface area contributed by atoms with E-state index in [1.165, 1.54) is 6.07 Å². The largest absolute Gasteiger partial charge is 0.507 e. The Bertz CT molecular complexity index is 510. The number of nitrogens with zero attached hydrogens (tertiary/aromatic N) is 1. The third kappa shape index (κ3) is 3.87. The number of carbonyl (C=O) groups is 2. The molecule has 1 heterocycles. The molecule has 0 bridgehead atoms. The van der Waals surface area contributed by atoms with E-state index in [1.54, 1.807) is 30.0 Å². The molecule has 21 heavy (non-hydrogen) atoms. The number of hydrogen-bond donors (Lipinski definition) is 2. The van der Waals surface area contributed by atoms with Gasteiger partial charge in [-0.15, -0.1) is 0 Å². The summed E-state index contributed by atoms with van der Waals surface area (Å²) in [5, 5.41) is 12.5. The fraction of sp³-hybridized carbons (Fsp3) is 0.467. The first-order valence-corrected chi connectivity index (χ1v) is 7.12. The summed E-state index contributed by atoms with van der Waals surface area (Å²) in [6.45, 7) is 3.26. The highest BCUT2D eigenvalue weighted by molar-refractivity contribution is 5.96. The van der Waals surface area contributed by atoms with Gasteiger partial charge in [0.25, 0.3) is 5.91 Å². The van der Waals surface area contributed by atoms with Crippen LogP contribution in [0, 0.1) is 0 Å². The lowest BCUT2D eigenvalue weighted by molar-refractivity contribution is 0.0858. The van der Waals surface area contributed by atoms with Gasteiger partial charge >= 0.3 is 6.09 Å². The molecule has 2 amide bonds. The first-order valence-electron chi connectivity index (χ1n) is 7.12.